The SMILES string of the molecule is C=C(C)C(CC/C=C(\C)CCC=C(C)C)C/C(C)=C/CC/C=C(\C)CCC=C(C)C. The molecule has 0 nitrogen and oxygen atoms in total. The molecule has 0 amide bonds. The van der Waals surface area contributed by atoms with Crippen molar-refractivity contribution < 1.29 is 0 Å². The van der Waals surface area contributed by atoms with Gasteiger partial charge in [-0.2, -0.15) is 0 Å². The first-order chi connectivity index (χ1) is 14.1. The van der Waals surface area contributed by atoms with Gasteiger partial charge >= 0.3 is 0 Å². The Morgan fingerprint density at radius 2 is 1.00 bits per heavy atom. The van der Waals surface area contributed by atoms with Crippen LogP contribution in [0.15, 0.2) is 70.4 Å². The summed E-state index contributed by atoms with van der Waals surface area (Å²) in [5.41, 5.74) is 8.72. The lowest BCUT2D eigenvalue weighted by Gasteiger charge is -2.17. The van der Waals surface area contributed by atoms with Crippen LogP contribution in [0.1, 0.15) is 113 Å². The molecule has 1 unspecified atom stereocenters. The molecule has 170 valence electrons. The van der Waals surface area contributed by atoms with Crippen LogP contribution in [0.4, 0.5) is 0 Å². The Labute approximate surface area is 189 Å². The summed E-state index contributed by atoms with van der Waals surface area (Å²) in [4.78, 5) is 0. The van der Waals surface area contributed by atoms with Gasteiger partial charge in [0.1, 0.15) is 0 Å². The molecular formula is C30H50. The fourth-order valence-corrected chi connectivity index (χ4v) is 3.57. The Morgan fingerprint density at radius 1 is 0.567 bits per heavy atom. The standard InChI is InChI=1S/C30H50/c1-24(2)15-12-19-27(7)17-10-11-18-29(9)23-30(26(5)6)22-14-21-28(8)20-13-16-25(3)4/h15-18,21,30H,5,10-14,19-20,22-23H2,1-4,6-9H3/b27-17+,28-21+,29-18+. The summed E-state index contributed by atoms with van der Waals surface area (Å²) in [5, 5.41) is 0. The smallest absolute Gasteiger partial charge is 0.0169 e. The summed E-state index contributed by atoms with van der Waals surface area (Å²) >= 11 is 0. The molecule has 0 aliphatic rings. The van der Waals surface area contributed by atoms with E-state index in [1.165, 1.54) is 72.0 Å². The lowest BCUT2D eigenvalue weighted by atomic mass is 9.89. The van der Waals surface area contributed by atoms with E-state index in [2.05, 4.69) is 92.3 Å². The summed E-state index contributed by atoms with van der Waals surface area (Å²) in [6.45, 7) is 22.0. The van der Waals surface area contributed by atoms with Crippen molar-refractivity contribution >= 4 is 0 Å². The molecule has 0 bridgehead atoms. The lowest BCUT2D eigenvalue weighted by molar-refractivity contribution is 0.559. The first-order valence-electron chi connectivity index (χ1n) is 12.0. The molecular weight excluding hydrogens is 360 g/mol. The minimum absolute atomic E-state index is 0.601. The fraction of sp³-hybridized carbons (Fsp3) is 0.600. The maximum absolute atomic E-state index is 4.27. The maximum Gasteiger partial charge on any atom is -0.0169 e. The monoisotopic (exact) mass is 410 g/mol. The highest BCUT2D eigenvalue weighted by molar-refractivity contribution is 5.09. The zero-order chi connectivity index (χ0) is 22.9. The number of hydrogen-bond acceptors (Lipinski definition) is 0. The van der Waals surface area contributed by atoms with Crippen molar-refractivity contribution in [2.24, 2.45) is 5.92 Å². The highest BCUT2D eigenvalue weighted by Gasteiger charge is 2.09. The zero-order valence-corrected chi connectivity index (χ0v) is 21.5. The Morgan fingerprint density at radius 3 is 1.43 bits per heavy atom. The predicted octanol–water partition coefficient (Wildman–Crippen LogP) is 10.5. The normalized spacial score (nSPS) is 13.8. The molecule has 1 atom stereocenters. The van der Waals surface area contributed by atoms with Gasteiger partial charge in [-0.1, -0.05) is 70.4 Å². The Bertz CT molecular complexity index is 638. The largest absolute Gasteiger partial charge is 0.0998 e. The molecule has 0 saturated heterocycles. The van der Waals surface area contributed by atoms with Crippen molar-refractivity contribution in [3.63, 3.8) is 0 Å². The maximum atomic E-state index is 4.27. The van der Waals surface area contributed by atoms with Gasteiger partial charge in [0.25, 0.3) is 0 Å². The molecule has 0 rings (SSSR count). The Balaban J connectivity index is 4.40. The molecule has 0 aliphatic carbocycles. The summed E-state index contributed by atoms with van der Waals surface area (Å²) in [7, 11) is 0. The van der Waals surface area contributed by atoms with Crippen molar-refractivity contribution in [1.29, 1.82) is 0 Å². The van der Waals surface area contributed by atoms with Gasteiger partial charge in [-0.3, -0.25) is 0 Å². The van der Waals surface area contributed by atoms with Crippen molar-refractivity contribution in [1.82, 2.24) is 0 Å². The average Bonchev–Trinajstić information content (AvgIpc) is 2.63. The predicted molar refractivity (Wildman–Crippen MR) is 140 cm³/mol. The van der Waals surface area contributed by atoms with E-state index in [4.69, 9.17) is 0 Å². The number of unbranched alkanes of at least 4 members (excludes halogenated alkanes) is 1. The van der Waals surface area contributed by atoms with E-state index < -0.39 is 0 Å². The molecule has 0 radical (unpaired) electrons. The van der Waals surface area contributed by atoms with E-state index in [0.29, 0.717) is 5.92 Å². The van der Waals surface area contributed by atoms with Gasteiger partial charge in [-0.25, -0.2) is 0 Å². The molecule has 0 aromatic carbocycles. The van der Waals surface area contributed by atoms with Crippen LogP contribution in [0, 0.1) is 5.92 Å². The van der Waals surface area contributed by atoms with Crippen LogP contribution in [0.5, 0.6) is 0 Å². The Hall–Kier alpha value is -1.56. The topological polar surface area (TPSA) is 0 Å². The average molecular weight is 411 g/mol. The third kappa shape index (κ3) is 17.3. The highest BCUT2D eigenvalue weighted by atomic mass is 14.1. The fourth-order valence-electron chi connectivity index (χ4n) is 3.57. The van der Waals surface area contributed by atoms with Gasteiger partial charge in [0, 0.05) is 0 Å². The van der Waals surface area contributed by atoms with Crippen molar-refractivity contribution in [3.8, 4) is 0 Å². The summed E-state index contributed by atoms with van der Waals surface area (Å²) < 4.78 is 0. The summed E-state index contributed by atoms with van der Waals surface area (Å²) in [6, 6.07) is 0. The van der Waals surface area contributed by atoms with Crippen LogP contribution >= 0.6 is 0 Å². The molecule has 0 aromatic rings. The van der Waals surface area contributed by atoms with Crippen LogP contribution in [-0.2, 0) is 0 Å². The molecule has 0 heterocycles. The van der Waals surface area contributed by atoms with Gasteiger partial charge in [0.15, 0.2) is 0 Å². The van der Waals surface area contributed by atoms with E-state index in [0.717, 1.165) is 19.3 Å². The third-order valence-corrected chi connectivity index (χ3v) is 5.61. The van der Waals surface area contributed by atoms with Crippen LogP contribution < -0.4 is 0 Å². The van der Waals surface area contributed by atoms with Crippen LogP contribution in [-0.4, -0.2) is 0 Å². The van der Waals surface area contributed by atoms with Gasteiger partial charge in [0.2, 0.25) is 0 Å². The third-order valence-electron chi connectivity index (χ3n) is 5.61. The van der Waals surface area contributed by atoms with Crippen molar-refractivity contribution in [3.05, 3.63) is 70.4 Å². The molecule has 0 heteroatoms. The van der Waals surface area contributed by atoms with Gasteiger partial charge < -0.3 is 0 Å². The van der Waals surface area contributed by atoms with Gasteiger partial charge in [-0.05, 0) is 119 Å². The van der Waals surface area contributed by atoms with E-state index >= 15 is 0 Å². The molecule has 0 aliphatic heterocycles. The first-order valence-corrected chi connectivity index (χ1v) is 12.0. The van der Waals surface area contributed by atoms with Crippen LogP contribution in [0.3, 0.4) is 0 Å². The van der Waals surface area contributed by atoms with Crippen LogP contribution in [0.25, 0.3) is 0 Å². The molecule has 30 heavy (non-hydrogen) atoms. The first kappa shape index (κ1) is 28.4. The Kier molecular flexibility index (Phi) is 16.3. The summed E-state index contributed by atoms with van der Waals surface area (Å²) in [6.07, 6.45) is 22.5. The minimum atomic E-state index is 0.601. The van der Waals surface area contributed by atoms with Gasteiger partial charge in [-0.15, -0.1) is 0 Å². The number of allylic oxidation sites excluding steroid dienone is 11. The minimum Gasteiger partial charge on any atom is -0.0998 e. The molecule has 0 N–H and O–H groups in total. The number of rotatable bonds is 15. The number of hydrogen-bond donors (Lipinski definition) is 0. The molecule has 0 saturated carbocycles. The lowest BCUT2D eigenvalue weighted by Crippen LogP contribution is -2.02. The van der Waals surface area contributed by atoms with Crippen molar-refractivity contribution in [2.75, 3.05) is 0 Å². The molecule has 0 spiro atoms. The van der Waals surface area contributed by atoms with E-state index in [1.54, 1.807) is 0 Å². The highest BCUT2D eigenvalue weighted by Crippen LogP contribution is 2.25. The van der Waals surface area contributed by atoms with Crippen molar-refractivity contribution in [2.45, 2.75) is 113 Å². The summed E-state index contributed by atoms with van der Waals surface area (Å²) in [5.74, 6) is 0.601. The molecule has 0 fully saturated rings. The van der Waals surface area contributed by atoms with E-state index in [-0.39, 0.29) is 0 Å². The van der Waals surface area contributed by atoms with Crippen LogP contribution in [0.2, 0.25) is 0 Å². The van der Waals surface area contributed by atoms with Gasteiger partial charge in [0.05, 0.1) is 0 Å². The second kappa shape index (κ2) is 17.2. The molecule has 0 aromatic heterocycles. The van der Waals surface area contributed by atoms with E-state index in [9.17, 15) is 0 Å². The second-order valence-electron chi connectivity index (χ2n) is 9.69. The quantitative estimate of drug-likeness (QED) is 0.186. The second-order valence-corrected chi connectivity index (χ2v) is 9.69. The van der Waals surface area contributed by atoms with E-state index in [1.807, 2.05) is 0 Å². The zero-order valence-electron chi connectivity index (χ0n) is 21.5.